The SMILES string of the molecule is NCCCC[C@H](N)C(=O)N[C@@H](CC(=O)O)C(=O)N[C@@H](CCC(N)=O)C(=O)O. The quantitative estimate of drug-likeness (QED) is 0.152. The van der Waals surface area contributed by atoms with Crippen LogP contribution in [0.2, 0.25) is 0 Å². The van der Waals surface area contributed by atoms with E-state index in [1.165, 1.54) is 0 Å². The summed E-state index contributed by atoms with van der Waals surface area (Å²) in [6.07, 6.45) is 0.188. The molecule has 0 aliphatic carbocycles. The molecule has 0 radical (unpaired) electrons. The Balaban J connectivity index is 4.96. The third-order valence-electron chi connectivity index (χ3n) is 3.61. The molecule has 0 saturated heterocycles. The molecule has 0 aromatic rings. The van der Waals surface area contributed by atoms with Crippen LogP contribution in [0.5, 0.6) is 0 Å². The standard InChI is InChI=1S/C15H27N5O7/c16-6-2-1-3-8(17)13(24)20-10(7-12(22)23)14(25)19-9(15(26)27)4-5-11(18)21/h8-10H,1-7,16-17H2,(H2,18,21)(H,19,25)(H,20,24)(H,22,23)(H,26,27)/t8-,9-,10-/m0/s1. The van der Waals surface area contributed by atoms with Gasteiger partial charge in [-0.05, 0) is 25.8 Å². The van der Waals surface area contributed by atoms with Crippen LogP contribution < -0.4 is 27.8 Å². The summed E-state index contributed by atoms with van der Waals surface area (Å²) in [6.45, 7) is 0.431. The van der Waals surface area contributed by atoms with Gasteiger partial charge in [0.15, 0.2) is 0 Å². The highest BCUT2D eigenvalue weighted by atomic mass is 16.4. The van der Waals surface area contributed by atoms with Gasteiger partial charge in [0.1, 0.15) is 12.1 Å². The smallest absolute Gasteiger partial charge is 0.326 e. The molecule has 0 fully saturated rings. The Morgan fingerprint density at radius 3 is 1.96 bits per heavy atom. The van der Waals surface area contributed by atoms with Crippen LogP contribution in [-0.4, -0.2) is 64.5 Å². The largest absolute Gasteiger partial charge is 0.481 e. The number of carboxylic acids is 2. The second kappa shape index (κ2) is 12.6. The van der Waals surface area contributed by atoms with Gasteiger partial charge in [0.2, 0.25) is 17.7 Å². The number of nitrogens with one attached hydrogen (secondary N) is 2. The van der Waals surface area contributed by atoms with Gasteiger partial charge in [0, 0.05) is 6.42 Å². The summed E-state index contributed by atoms with van der Waals surface area (Å²) in [7, 11) is 0. The molecule has 0 rings (SSSR count). The maximum absolute atomic E-state index is 12.2. The van der Waals surface area contributed by atoms with Crippen LogP contribution in [0.4, 0.5) is 0 Å². The second-order valence-corrected chi connectivity index (χ2v) is 5.95. The van der Waals surface area contributed by atoms with Gasteiger partial charge in [0.05, 0.1) is 12.5 Å². The topological polar surface area (TPSA) is 228 Å². The minimum Gasteiger partial charge on any atom is -0.481 e. The first-order chi connectivity index (χ1) is 12.6. The van der Waals surface area contributed by atoms with E-state index in [4.69, 9.17) is 27.4 Å². The molecule has 12 nitrogen and oxygen atoms in total. The Kier molecular flexibility index (Phi) is 11.3. The first-order valence-corrected chi connectivity index (χ1v) is 8.37. The predicted molar refractivity (Wildman–Crippen MR) is 93.1 cm³/mol. The fourth-order valence-corrected chi connectivity index (χ4v) is 2.12. The summed E-state index contributed by atoms with van der Waals surface area (Å²) in [4.78, 5) is 57.2. The van der Waals surface area contributed by atoms with Crippen molar-refractivity contribution in [3.63, 3.8) is 0 Å². The lowest BCUT2D eigenvalue weighted by Gasteiger charge is -2.21. The van der Waals surface area contributed by atoms with Gasteiger partial charge in [-0.15, -0.1) is 0 Å². The maximum Gasteiger partial charge on any atom is 0.326 e. The molecular weight excluding hydrogens is 362 g/mol. The van der Waals surface area contributed by atoms with Gasteiger partial charge >= 0.3 is 11.9 Å². The van der Waals surface area contributed by atoms with Crippen molar-refractivity contribution in [1.82, 2.24) is 10.6 Å². The molecule has 0 bridgehead atoms. The molecule has 3 amide bonds. The zero-order valence-corrected chi connectivity index (χ0v) is 14.8. The summed E-state index contributed by atoms with van der Waals surface area (Å²) in [5.41, 5.74) is 16.0. The van der Waals surface area contributed by atoms with Crippen molar-refractivity contribution in [2.45, 2.75) is 56.7 Å². The Labute approximate surface area is 155 Å². The van der Waals surface area contributed by atoms with Crippen molar-refractivity contribution in [1.29, 1.82) is 0 Å². The molecule has 0 heterocycles. The van der Waals surface area contributed by atoms with Crippen LogP contribution in [0.15, 0.2) is 0 Å². The number of nitrogens with two attached hydrogens (primary N) is 3. The van der Waals surface area contributed by atoms with Gasteiger partial charge in [0.25, 0.3) is 0 Å². The molecule has 154 valence electrons. The van der Waals surface area contributed by atoms with Crippen LogP contribution in [0.1, 0.15) is 38.5 Å². The van der Waals surface area contributed by atoms with Crippen molar-refractivity contribution in [2.75, 3.05) is 6.54 Å². The van der Waals surface area contributed by atoms with Crippen LogP contribution in [0.25, 0.3) is 0 Å². The van der Waals surface area contributed by atoms with Crippen molar-refractivity contribution in [2.24, 2.45) is 17.2 Å². The number of carboxylic acid groups (broad SMARTS) is 2. The van der Waals surface area contributed by atoms with E-state index >= 15 is 0 Å². The minimum atomic E-state index is -1.52. The number of hydrogen-bond acceptors (Lipinski definition) is 7. The normalized spacial score (nSPS) is 13.9. The number of primary amides is 1. The van der Waals surface area contributed by atoms with Crippen LogP contribution in [0, 0.1) is 0 Å². The van der Waals surface area contributed by atoms with Gasteiger partial charge in [-0.3, -0.25) is 19.2 Å². The predicted octanol–water partition coefficient (Wildman–Crippen LogP) is -2.76. The number of carbonyl (C=O) groups is 5. The zero-order valence-electron chi connectivity index (χ0n) is 14.8. The molecule has 27 heavy (non-hydrogen) atoms. The summed E-state index contributed by atoms with van der Waals surface area (Å²) in [6, 6.07) is -3.95. The van der Waals surface area contributed by atoms with Crippen LogP contribution in [0.3, 0.4) is 0 Å². The fraction of sp³-hybridized carbons (Fsp3) is 0.667. The molecule has 12 heteroatoms. The number of carbonyl (C=O) groups excluding carboxylic acids is 3. The van der Waals surface area contributed by atoms with E-state index in [1.807, 2.05) is 0 Å². The molecule has 3 atom stereocenters. The lowest BCUT2D eigenvalue weighted by molar-refractivity contribution is -0.143. The van der Waals surface area contributed by atoms with Crippen LogP contribution in [-0.2, 0) is 24.0 Å². The van der Waals surface area contributed by atoms with Gasteiger partial charge in [-0.1, -0.05) is 6.42 Å². The third-order valence-corrected chi connectivity index (χ3v) is 3.61. The Morgan fingerprint density at radius 1 is 0.889 bits per heavy atom. The first-order valence-electron chi connectivity index (χ1n) is 8.37. The fourth-order valence-electron chi connectivity index (χ4n) is 2.12. The number of unbranched alkanes of at least 4 members (excludes halogenated alkanes) is 1. The van der Waals surface area contributed by atoms with Gasteiger partial charge < -0.3 is 38.0 Å². The van der Waals surface area contributed by atoms with E-state index in [0.29, 0.717) is 25.8 Å². The van der Waals surface area contributed by atoms with E-state index in [9.17, 15) is 24.0 Å². The van der Waals surface area contributed by atoms with Gasteiger partial charge in [-0.25, -0.2) is 4.79 Å². The van der Waals surface area contributed by atoms with Crippen LogP contribution >= 0.6 is 0 Å². The maximum atomic E-state index is 12.2. The summed E-state index contributed by atoms with van der Waals surface area (Å²) >= 11 is 0. The van der Waals surface area contributed by atoms with E-state index in [-0.39, 0.29) is 12.8 Å². The van der Waals surface area contributed by atoms with Crippen molar-refractivity contribution >= 4 is 29.7 Å². The van der Waals surface area contributed by atoms with Gasteiger partial charge in [-0.2, -0.15) is 0 Å². The summed E-state index contributed by atoms with van der Waals surface area (Å²) < 4.78 is 0. The van der Waals surface area contributed by atoms with Crippen molar-refractivity contribution < 1.29 is 34.2 Å². The monoisotopic (exact) mass is 389 g/mol. The molecule has 0 aliphatic rings. The number of rotatable bonds is 14. The zero-order chi connectivity index (χ0) is 21.0. The van der Waals surface area contributed by atoms with Crippen molar-refractivity contribution in [3.8, 4) is 0 Å². The Morgan fingerprint density at radius 2 is 1.48 bits per heavy atom. The second-order valence-electron chi connectivity index (χ2n) is 5.95. The van der Waals surface area contributed by atoms with E-state index in [1.54, 1.807) is 0 Å². The first kappa shape index (κ1) is 24.3. The molecule has 0 aromatic carbocycles. The number of amides is 3. The highest BCUT2D eigenvalue weighted by molar-refractivity contribution is 5.94. The molecule has 0 saturated carbocycles. The average Bonchev–Trinajstić information content (AvgIpc) is 2.56. The molecular formula is C15H27N5O7. The van der Waals surface area contributed by atoms with E-state index < -0.39 is 54.2 Å². The highest BCUT2D eigenvalue weighted by Crippen LogP contribution is 2.03. The molecule has 0 spiro atoms. The van der Waals surface area contributed by atoms with E-state index in [2.05, 4.69) is 10.6 Å². The highest BCUT2D eigenvalue weighted by Gasteiger charge is 2.29. The summed E-state index contributed by atoms with van der Waals surface area (Å²) in [5.74, 6) is -5.32. The number of hydrogen-bond donors (Lipinski definition) is 7. The van der Waals surface area contributed by atoms with Crippen molar-refractivity contribution in [3.05, 3.63) is 0 Å². The lowest BCUT2D eigenvalue weighted by atomic mass is 10.1. The Bertz CT molecular complexity index is 555. The molecule has 0 aromatic heterocycles. The average molecular weight is 389 g/mol. The number of aliphatic carboxylic acids is 2. The molecule has 0 unspecified atom stereocenters. The molecule has 10 N–H and O–H groups in total. The van der Waals surface area contributed by atoms with E-state index in [0.717, 1.165) is 0 Å². The molecule has 0 aliphatic heterocycles. The summed E-state index contributed by atoms with van der Waals surface area (Å²) in [5, 5.41) is 22.3. The lowest BCUT2D eigenvalue weighted by Crippen LogP contribution is -2.55. The Hall–Kier alpha value is -2.73. The minimum absolute atomic E-state index is 0.275. The third kappa shape index (κ3) is 10.8.